The van der Waals surface area contributed by atoms with Crippen molar-refractivity contribution in [1.29, 1.82) is 0 Å². The molecule has 0 amide bonds. The molecule has 0 aromatic carbocycles. The van der Waals surface area contributed by atoms with Crippen LogP contribution in [0, 0.1) is 17.8 Å². The van der Waals surface area contributed by atoms with Gasteiger partial charge in [-0.05, 0) is 153 Å². The van der Waals surface area contributed by atoms with Crippen LogP contribution < -0.4 is 0 Å². The lowest BCUT2D eigenvalue weighted by molar-refractivity contribution is 0.0494. The third kappa shape index (κ3) is 13.8. The molecule has 0 spiro atoms. The average Bonchev–Trinajstić information content (AvgIpc) is 4.06. The van der Waals surface area contributed by atoms with Crippen molar-refractivity contribution in [2.75, 3.05) is 0 Å². The SMILES string of the molecule is C[Si](C)(CCC1CC2C=CC1C2)O[Si](O)(O[Si]1(C2CCCCC2)O[Si](O)(C2CCCCC2)O[Si](C)(C2CCCCC2)O[Si](O[Si](C)(O[Si](O)(O)C2CCCCC2)C2CCCCC2)(C2CCCCC2)O1)C1CCCCC1. The Bertz CT molecular complexity index is 1850. The largest absolute Gasteiger partial charge is 0.489 e. The molecule has 4 N–H and O–H groups in total. The Hall–Kier alpha value is 0.995. The van der Waals surface area contributed by atoms with E-state index < -0.39 is 69.5 Å². The fourth-order valence-corrected chi connectivity index (χ4v) is 59.7. The van der Waals surface area contributed by atoms with E-state index in [9.17, 15) is 19.2 Å². The van der Waals surface area contributed by atoms with E-state index in [1.54, 1.807) is 0 Å². The molecule has 430 valence electrons. The smallest absolute Gasteiger partial charge is 0.416 e. The number of hydrogen-bond donors (Lipinski definition) is 4. The van der Waals surface area contributed by atoms with Crippen LogP contribution in [0.25, 0.3) is 0 Å². The summed E-state index contributed by atoms with van der Waals surface area (Å²) in [6.45, 7) is 9.06. The Morgan fingerprint density at radius 1 is 0.467 bits per heavy atom. The molecule has 9 unspecified atom stereocenters. The second-order valence-electron chi connectivity index (χ2n) is 27.7. The van der Waals surface area contributed by atoms with Crippen molar-refractivity contribution in [3.63, 3.8) is 0 Å². The zero-order valence-corrected chi connectivity index (χ0v) is 55.6. The molecule has 9 fully saturated rings. The average molecular weight is 1180 g/mol. The zero-order valence-electron chi connectivity index (χ0n) is 47.6. The Morgan fingerprint density at radius 3 is 1.41 bits per heavy atom. The Balaban J connectivity index is 1.15. The fraction of sp³-hybridized carbons (Fsp3) is 0.964. The number of rotatable bonds is 18. The molecule has 1 aliphatic heterocycles. The normalized spacial score (nSPS) is 38.3. The summed E-state index contributed by atoms with van der Waals surface area (Å²) in [5.74, 6) is 2.03. The van der Waals surface area contributed by atoms with Crippen LogP contribution in [-0.4, -0.2) is 88.6 Å². The third-order valence-corrected chi connectivity index (χ3v) is 56.5. The summed E-state index contributed by atoms with van der Waals surface area (Å²) >= 11 is 0. The molecule has 10 aliphatic rings. The van der Waals surface area contributed by atoms with E-state index in [-0.39, 0.29) is 38.8 Å². The molecule has 12 nitrogen and oxygen atoms in total. The lowest BCUT2D eigenvalue weighted by atomic mass is 9.91. The highest BCUT2D eigenvalue weighted by Gasteiger charge is 2.75. The minimum Gasteiger partial charge on any atom is -0.416 e. The molecule has 9 aliphatic carbocycles. The van der Waals surface area contributed by atoms with Gasteiger partial charge in [-0.2, -0.15) is 0 Å². The molecule has 75 heavy (non-hydrogen) atoms. The van der Waals surface area contributed by atoms with Gasteiger partial charge in [0.25, 0.3) is 0 Å². The summed E-state index contributed by atoms with van der Waals surface area (Å²) < 4.78 is 65.0. The molecular weight excluding hydrogens is 1080 g/mol. The first-order valence-electron chi connectivity index (χ1n) is 32.1. The van der Waals surface area contributed by atoms with Gasteiger partial charge in [0.15, 0.2) is 8.32 Å². The molecule has 10 rings (SSSR count). The molecule has 0 radical (unpaired) electrons. The van der Waals surface area contributed by atoms with Gasteiger partial charge in [-0.3, -0.25) is 0 Å². The van der Waals surface area contributed by atoms with Crippen LogP contribution in [0.2, 0.25) is 71.0 Å². The maximum atomic E-state index is 14.3. The molecule has 8 saturated carbocycles. The molecule has 0 aromatic rings. The Labute approximate surface area is 463 Å². The van der Waals surface area contributed by atoms with E-state index >= 15 is 0 Å². The number of hydrogen-bond acceptors (Lipinski definition) is 12. The zero-order chi connectivity index (χ0) is 52.4. The molecule has 0 aromatic heterocycles. The van der Waals surface area contributed by atoms with Crippen molar-refractivity contribution in [3.8, 4) is 0 Å². The van der Waals surface area contributed by atoms with Gasteiger partial charge in [0.05, 0.1) is 0 Å². The van der Waals surface area contributed by atoms with Crippen LogP contribution in [0.3, 0.4) is 0 Å². The quantitative estimate of drug-likeness (QED) is 0.0763. The van der Waals surface area contributed by atoms with Crippen molar-refractivity contribution < 1.29 is 52.1 Å². The maximum absolute atomic E-state index is 14.3. The van der Waals surface area contributed by atoms with Crippen LogP contribution in [0.1, 0.15) is 244 Å². The lowest BCUT2D eigenvalue weighted by Crippen LogP contribution is -2.78. The minimum absolute atomic E-state index is 0.0190. The highest BCUT2D eigenvalue weighted by molar-refractivity contribution is 6.96. The molecule has 9 atom stereocenters. The Morgan fingerprint density at radius 2 is 0.920 bits per heavy atom. The summed E-state index contributed by atoms with van der Waals surface area (Å²) in [7, 11) is -31.4. The summed E-state index contributed by atoms with van der Waals surface area (Å²) in [5.41, 5.74) is -0.829. The van der Waals surface area contributed by atoms with Gasteiger partial charge in [-0.1, -0.05) is 153 Å². The second-order valence-corrected chi connectivity index (χ2v) is 54.2. The van der Waals surface area contributed by atoms with Gasteiger partial charge in [0.1, 0.15) is 0 Å². The van der Waals surface area contributed by atoms with Crippen molar-refractivity contribution in [1.82, 2.24) is 0 Å². The predicted molar refractivity (Wildman–Crippen MR) is 313 cm³/mol. The minimum atomic E-state index is -4.46. The van der Waals surface area contributed by atoms with Gasteiger partial charge >= 0.3 is 61.1 Å². The fourth-order valence-electron chi connectivity index (χ4n) is 17.0. The van der Waals surface area contributed by atoms with E-state index in [0.717, 1.165) is 231 Å². The maximum Gasteiger partial charge on any atom is 0.489 e. The highest BCUT2D eigenvalue weighted by atomic mass is 28.6. The van der Waals surface area contributed by atoms with Crippen LogP contribution >= 0.6 is 0 Å². The van der Waals surface area contributed by atoms with Crippen molar-refractivity contribution >= 4 is 69.5 Å². The van der Waals surface area contributed by atoms with E-state index in [1.165, 1.54) is 19.3 Å². The number of fused-ring (bicyclic) bond motifs is 2. The topological polar surface area (TPSA) is 155 Å². The Kier molecular flexibility index (Phi) is 19.8. The summed E-state index contributed by atoms with van der Waals surface area (Å²) in [4.78, 5) is 53.9. The first-order chi connectivity index (χ1) is 35.9. The first-order valence-corrected chi connectivity index (χ1v) is 49.2. The van der Waals surface area contributed by atoms with Crippen molar-refractivity contribution in [2.45, 2.75) is 315 Å². The molecule has 1 heterocycles. The van der Waals surface area contributed by atoms with Crippen molar-refractivity contribution in [2.24, 2.45) is 17.8 Å². The van der Waals surface area contributed by atoms with Crippen molar-refractivity contribution in [3.05, 3.63) is 12.2 Å². The van der Waals surface area contributed by atoms with Crippen LogP contribution in [-0.2, 0) is 32.9 Å². The number of allylic oxidation sites excluding steroid dienone is 2. The van der Waals surface area contributed by atoms with Gasteiger partial charge in [-0.15, -0.1) is 0 Å². The van der Waals surface area contributed by atoms with Gasteiger partial charge in [-0.25, -0.2) is 0 Å². The standard InChI is InChI=1S/C55H106O12Si8/c1-68(2,43-42-48-45-46-40-41-47(48)44-46)60-72(58,52-32-18-8-19-33-52)65-75(55-38-24-11-25-39-55)66-73(59,53-34-20-9-21-35-53)62-70(4,50-28-14-6-15-29-50)64-74(67-75,54-36-22-10-23-37-54)63-69(3,49-26-12-5-13-27-49)61-71(56,57)51-30-16-7-17-31-51/h40-41,46-59H,5-39,42-45H2,1-4H3. The molecular formula is C55H106O12Si8. The summed E-state index contributed by atoms with van der Waals surface area (Å²) in [6, 6.07) is 0.958. The summed E-state index contributed by atoms with van der Waals surface area (Å²) in [6.07, 6.45) is 42.7. The van der Waals surface area contributed by atoms with E-state index in [4.69, 9.17) is 32.9 Å². The lowest BCUT2D eigenvalue weighted by Gasteiger charge is -2.58. The van der Waals surface area contributed by atoms with Crippen LogP contribution in [0.5, 0.6) is 0 Å². The van der Waals surface area contributed by atoms with Gasteiger partial charge in [0, 0.05) is 38.8 Å². The first kappa shape index (κ1) is 59.2. The summed E-state index contributed by atoms with van der Waals surface area (Å²) in [5, 5.41) is 0. The second kappa shape index (κ2) is 25.1. The monoisotopic (exact) mass is 1180 g/mol. The molecule has 1 saturated heterocycles. The third-order valence-electron chi connectivity index (χ3n) is 21.5. The molecule has 2 bridgehead atoms. The van der Waals surface area contributed by atoms with E-state index in [1.807, 2.05) is 0 Å². The van der Waals surface area contributed by atoms with Crippen LogP contribution in [0.15, 0.2) is 12.2 Å². The molecule has 20 heteroatoms. The van der Waals surface area contributed by atoms with E-state index in [0.29, 0.717) is 17.8 Å². The van der Waals surface area contributed by atoms with Gasteiger partial charge in [0.2, 0.25) is 0 Å². The van der Waals surface area contributed by atoms with E-state index in [2.05, 4.69) is 38.3 Å². The van der Waals surface area contributed by atoms with Gasteiger partial charge < -0.3 is 52.1 Å². The highest BCUT2D eigenvalue weighted by Crippen LogP contribution is 2.58. The van der Waals surface area contributed by atoms with Crippen LogP contribution in [0.4, 0.5) is 0 Å². The predicted octanol–water partition coefficient (Wildman–Crippen LogP) is 15.1.